The summed E-state index contributed by atoms with van der Waals surface area (Å²) in [4.78, 5) is 11.8. The fourth-order valence-electron chi connectivity index (χ4n) is 1.77. The van der Waals surface area contributed by atoms with Crippen molar-refractivity contribution in [3.63, 3.8) is 0 Å². The smallest absolute Gasteiger partial charge is 0.243 e. The summed E-state index contributed by atoms with van der Waals surface area (Å²) in [5.74, 6) is -0.553. The average molecular weight is 238 g/mol. The van der Waals surface area contributed by atoms with Gasteiger partial charge in [0.2, 0.25) is 5.91 Å². The van der Waals surface area contributed by atoms with Crippen molar-refractivity contribution < 1.29 is 13.9 Å². The zero-order valence-corrected chi connectivity index (χ0v) is 9.63. The van der Waals surface area contributed by atoms with Crippen molar-refractivity contribution in [3.8, 4) is 0 Å². The number of halogens is 1. The Labute approximate surface area is 99.2 Å². The first-order valence-electron chi connectivity index (χ1n) is 5.54. The van der Waals surface area contributed by atoms with E-state index in [9.17, 15) is 9.18 Å². The van der Waals surface area contributed by atoms with Gasteiger partial charge in [-0.1, -0.05) is 0 Å². The first-order valence-corrected chi connectivity index (χ1v) is 5.54. The van der Waals surface area contributed by atoms with Gasteiger partial charge in [0.25, 0.3) is 0 Å². The van der Waals surface area contributed by atoms with E-state index in [1.165, 1.54) is 12.1 Å². The van der Waals surface area contributed by atoms with E-state index in [0.717, 1.165) is 5.56 Å². The van der Waals surface area contributed by atoms with E-state index < -0.39 is 0 Å². The van der Waals surface area contributed by atoms with Gasteiger partial charge in [-0.3, -0.25) is 4.79 Å². The summed E-state index contributed by atoms with van der Waals surface area (Å²) >= 11 is 0. The van der Waals surface area contributed by atoms with Crippen LogP contribution in [-0.2, 0) is 9.53 Å². The fourth-order valence-corrected chi connectivity index (χ4v) is 1.77. The van der Waals surface area contributed by atoms with Gasteiger partial charge >= 0.3 is 0 Å². The lowest BCUT2D eigenvalue weighted by Crippen LogP contribution is -2.48. The first kappa shape index (κ1) is 12.0. The maximum atomic E-state index is 13.1. The van der Waals surface area contributed by atoms with Gasteiger partial charge in [0.15, 0.2) is 0 Å². The summed E-state index contributed by atoms with van der Waals surface area (Å²) in [6.45, 7) is 3.39. The molecule has 1 saturated heterocycles. The van der Waals surface area contributed by atoms with Crippen LogP contribution >= 0.6 is 0 Å². The molecule has 0 aromatic heterocycles. The molecule has 1 unspecified atom stereocenters. The van der Waals surface area contributed by atoms with Crippen molar-refractivity contribution in [1.29, 1.82) is 0 Å². The van der Waals surface area contributed by atoms with Crippen LogP contribution in [0.15, 0.2) is 18.2 Å². The summed E-state index contributed by atoms with van der Waals surface area (Å²) in [6, 6.07) is 4.07. The van der Waals surface area contributed by atoms with Gasteiger partial charge in [0.1, 0.15) is 11.9 Å². The Morgan fingerprint density at radius 2 is 2.35 bits per heavy atom. The number of amides is 1. The molecule has 1 heterocycles. The number of rotatable bonds is 2. The van der Waals surface area contributed by atoms with Crippen LogP contribution in [0.4, 0.5) is 10.1 Å². The van der Waals surface area contributed by atoms with Crippen LogP contribution in [0.1, 0.15) is 5.56 Å². The number of benzene rings is 1. The van der Waals surface area contributed by atoms with Crippen LogP contribution < -0.4 is 10.6 Å². The van der Waals surface area contributed by atoms with E-state index in [2.05, 4.69) is 10.6 Å². The summed E-state index contributed by atoms with van der Waals surface area (Å²) in [5.41, 5.74) is 1.24. The van der Waals surface area contributed by atoms with Gasteiger partial charge < -0.3 is 15.4 Å². The number of anilines is 1. The second kappa shape index (κ2) is 5.25. The van der Waals surface area contributed by atoms with Gasteiger partial charge in [-0.2, -0.15) is 0 Å². The molecular weight excluding hydrogens is 223 g/mol. The van der Waals surface area contributed by atoms with Gasteiger partial charge in [0, 0.05) is 12.2 Å². The Kier molecular flexibility index (Phi) is 3.71. The number of ether oxygens (including phenoxy) is 1. The highest BCUT2D eigenvalue weighted by atomic mass is 19.1. The zero-order valence-electron chi connectivity index (χ0n) is 9.63. The van der Waals surface area contributed by atoms with E-state index in [1.807, 2.05) is 0 Å². The molecule has 1 aliphatic heterocycles. The lowest BCUT2D eigenvalue weighted by atomic mass is 10.2. The third-order valence-corrected chi connectivity index (χ3v) is 2.55. The topological polar surface area (TPSA) is 50.4 Å². The quantitative estimate of drug-likeness (QED) is 0.810. The van der Waals surface area contributed by atoms with Crippen LogP contribution in [0.25, 0.3) is 0 Å². The molecule has 1 amide bonds. The van der Waals surface area contributed by atoms with Gasteiger partial charge in [-0.15, -0.1) is 0 Å². The molecule has 0 aliphatic carbocycles. The number of nitrogens with one attached hydrogen (secondary N) is 2. The predicted octanol–water partition coefficient (Wildman–Crippen LogP) is 1.06. The lowest BCUT2D eigenvalue weighted by Gasteiger charge is -2.22. The second-order valence-electron chi connectivity index (χ2n) is 4.09. The number of aryl methyl sites for hydroxylation is 1. The Balaban J connectivity index is 2.01. The number of carbonyl (C=O) groups excluding carboxylic acids is 1. The number of hydrogen-bond acceptors (Lipinski definition) is 3. The van der Waals surface area contributed by atoms with Gasteiger partial charge in [-0.05, 0) is 30.7 Å². The van der Waals surface area contributed by atoms with E-state index >= 15 is 0 Å². The zero-order chi connectivity index (χ0) is 12.3. The monoisotopic (exact) mass is 238 g/mol. The van der Waals surface area contributed by atoms with Crippen molar-refractivity contribution in [2.45, 2.75) is 13.0 Å². The molecule has 0 bridgehead atoms. The SMILES string of the molecule is Cc1cc(F)cc(NC(=O)C2COCCN2)c1. The lowest BCUT2D eigenvalue weighted by molar-refractivity contribution is -0.120. The van der Waals surface area contributed by atoms with Crippen LogP contribution in [0.3, 0.4) is 0 Å². The first-order chi connectivity index (χ1) is 8.15. The summed E-state index contributed by atoms with van der Waals surface area (Å²) in [7, 11) is 0. The Bertz CT molecular complexity index is 397. The molecule has 1 aliphatic rings. The summed E-state index contributed by atoms with van der Waals surface area (Å²) in [5, 5.41) is 5.71. The Morgan fingerprint density at radius 1 is 1.53 bits per heavy atom. The minimum Gasteiger partial charge on any atom is -0.378 e. The maximum absolute atomic E-state index is 13.1. The van der Waals surface area contributed by atoms with Crippen molar-refractivity contribution in [2.75, 3.05) is 25.1 Å². The molecule has 1 fully saturated rings. The summed E-state index contributed by atoms with van der Waals surface area (Å²) in [6.07, 6.45) is 0. The van der Waals surface area contributed by atoms with Gasteiger partial charge in [-0.25, -0.2) is 4.39 Å². The second-order valence-corrected chi connectivity index (χ2v) is 4.09. The van der Waals surface area contributed by atoms with Crippen LogP contribution in [0.2, 0.25) is 0 Å². The largest absolute Gasteiger partial charge is 0.378 e. The normalized spacial score (nSPS) is 20.0. The van der Waals surface area contributed by atoms with Crippen molar-refractivity contribution in [1.82, 2.24) is 5.32 Å². The molecule has 0 spiro atoms. The van der Waals surface area contributed by atoms with Crippen LogP contribution in [-0.4, -0.2) is 31.7 Å². The van der Waals surface area contributed by atoms with E-state index in [4.69, 9.17) is 4.74 Å². The molecule has 92 valence electrons. The van der Waals surface area contributed by atoms with E-state index in [1.54, 1.807) is 13.0 Å². The predicted molar refractivity (Wildman–Crippen MR) is 62.4 cm³/mol. The molecule has 2 N–H and O–H groups in total. The summed E-state index contributed by atoms with van der Waals surface area (Å²) < 4.78 is 18.3. The Hall–Kier alpha value is -1.46. The fraction of sp³-hybridized carbons (Fsp3) is 0.417. The highest BCUT2D eigenvalue weighted by Crippen LogP contribution is 2.13. The molecular formula is C12H15FN2O2. The third-order valence-electron chi connectivity index (χ3n) is 2.55. The molecule has 0 radical (unpaired) electrons. The standard InChI is InChI=1S/C12H15FN2O2/c1-8-4-9(13)6-10(5-8)15-12(16)11-7-17-3-2-14-11/h4-6,11,14H,2-3,7H2,1H3,(H,15,16). The molecule has 1 atom stereocenters. The molecule has 1 aromatic rings. The third kappa shape index (κ3) is 3.25. The number of hydrogen-bond donors (Lipinski definition) is 2. The average Bonchev–Trinajstić information content (AvgIpc) is 2.28. The molecule has 17 heavy (non-hydrogen) atoms. The number of morpholine rings is 1. The van der Waals surface area contributed by atoms with Crippen molar-refractivity contribution in [3.05, 3.63) is 29.6 Å². The van der Waals surface area contributed by atoms with Crippen molar-refractivity contribution in [2.24, 2.45) is 0 Å². The number of carbonyl (C=O) groups is 1. The minimum absolute atomic E-state index is 0.199. The van der Waals surface area contributed by atoms with E-state index in [0.29, 0.717) is 25.4 Å². The van der Waals surface area contributed by atoms with Crippen LogP contribution in [0.5, 0.6) is 0 Å². The Morgan fingerprint density at radius 3 is 3.00 bits per heavy atom. The molecule has 4 nitrogen and oxygen atoms in total. The highest BCUT2D eigenvalue weighted by Gasteiger charge is 2.21. The van der Waals surface area contributed by atoms with Gasteiger partial charge in [0.05, 0.1) is 13.2 Å². The molecule has 0 saturated carbocycles. The van der Waals surface area contributed by atoms with Crippen molar-refractivity contribution >= 4 is 11.6 Å². The molecule has 1 aromatic carbocycles. The molecule has 2 rings (SSSR count). The van der Waals surface area contributed by atoms with E-state index in [-0.39, 0.29) is 17.8 Å². The maximum Gasteiger partial charge on any atom is 0.243 e. The minimum atomic E-state index is -0.368. The van der Waals surface area contributed by atoms with Crippen LogP contribution in [0, 0.1) is 12.7 Å². The highest BCUT2D eigenvalue weighted by molar-refractivity contribution is 5.95. The molecule has 5 heteroatoms.